The van der Waals surface area contributed by atoms with Crippen LogP contribution in [0.25, 0.3) is 0 Å². The monoisotopic (exact) mass is 214 g/mol. The largest absolute Gasteiger partial charge is 0.393 e. The molecular weight excluding hydrogens is 188 g/mol. The van der Waals surface area contributed by atoms with Crippen molar-refractivity contribution in [2.24, 2.45) is 5.92 Å². The van der Waals surface area contributed by atoms with Gasteiger partial charge in [-0.25, -0.2) is 0 Å². The minimum absolute atomic E-state index is 0.143. The lowest BCUT2D eigenvalue weighted by Gasteiger charge is -2.21. The molecule has 0 saturated carbocycles. The molecule has 0 spiro atoms. The van der Waals surface area contributed by atoms with Crippen LogP contribution < -0.4 is 0 Å². The molecule has 3 nitrogen and oxygen atoms in total. The number of likely N-dealkylation sites (tertiary alicyclic amines) is 1. The summed E-state index contributed by atoms with van der Waals surface area (Å²) in [6, 6.07) is 0. The van der Waals surface area contributed by atoms with Crippen LogP contribution in [0.3, 0.4) is 0 Å². The fourth-order valence-electron chi connectivity index (χ4n) is 2.36. The average molecular weight is 214 g/mol. The maximum Gasteiger partial charge on any atom is 0.0512 e. The first-order chi connectivity index (χ1) is 7.08. The Morgan fingerprint density at radius 3 is 2.80 bits per heavy atom. The molecule has 0 aromatic heterocycles. The van der Waals surface area contributed by atoms with Crippen molar-refractivity contribution in [3.05, 3.63) is 0 Å². The molecule has 2 unspecified atom stereocenters. The Kier molecular flexibility index (Phi) is 5.58. The summed E-state index contributed by atoms with van der Waals surface area (Å²) in [5.41, 5.74) is 0. The molecule has 3 heteroatoms. The second-order valence-corrected chi connectivity index (χ2v) is 5.17. The first kappa shape index (κ1) is 12.9. The molecule has 1 rings (SSSR count). The molecule has 0 aromatic rings. The van der Waals surface area contributed by atoms with Crippen molar-refractivity contribution in [2.45, 2.75) is 32.3 Å². The Labute approximate surface area is 94.1 Å². The minimum atomic E-state index is -0.143. The molecule has 15 heavy (non-hydrogen) atoms. The zero-order valence-corrected chi connectivity index (χ0v) is 10.4. The van der Waals surface area contributed by atoms with Crippen molar-refractivity contribution in [1.82, 2.24) is 9.80 Å². The summed E-state index contributed by atoms with van der Waals surface area (Å²) in [7, 11) is 4.40. The minimum Gasteiger partial charge on any atom is -0.393 e. The van der Waals surface area contributed by atoms with Crippen molar-refractivity contribution >= 4 is 0 Å². The average Bonchev–Trinajstić information content (AvgIpc) is 2.50. The molecule has 90 valence electrons. The van der Waals surface area contributed by atoms with Crippen LogP contribution in [-0.4, -0.2) is 61.3 Å². The van der Waals surface area contributed by atoms with Gasteiger partial charge in [0.2, 0.25) is 0 Å². The quantitative estimate of drug-likeness (QED) is 0.715. The van der Waals surface area contributed by atoms with Crippen LogP contribution >= 0.6 is 0 Å². The van der Waals surface area contributed by atoms with E-state index in [4.69, 9.17) is 5.11 Å². The number of aliphatic hydroxyl groups excluding tert-OH is 1. The Balaban J connectivity index is 2.05. The van der Waals surface area contributed by atoms with E-state index in [1.54, 1.807) is 0 Å². The van der Waals surface area contributed by atoms with Crippen molar-refractivity contribution in [2.75, 3.05) is 40.3 Å². The van der Waals surface area contributed by atoms with Crippen LogP contribution in [-0.2, 0) is 0 Å². The molecule has 0 aromatic carbocycles. The highest BCUT2D eigenvalue weighted by Crippen LogP contribution is 2.15. The summed E-state index contributed by atoms with van der Waals surface area (Å²) in [5, 5.41) is 9.16. The number of rotatable bonds is 6. The summed E-state index contributed by atoms with van der Waals surface area (Å²) in [4.78, 5) is 4.82. The van der Waals surface area contributed by atoms with Gasteiger partial charge in [-0.05, 0) is 59.3 Å². The smallest absolute Gasteiger partial charge is 0.0512 e. The van der Waals surface area contributed by atoms with Gasteiger partial charge in [0.1, 0.15) is 0 Å². The Morgan fingerprint density at radius 2 is 2.27 bits per heavy atom. The van der Waals surface area contributed by atoms with E-state index in [9.17, 15) is 0 Å². The number of nitrogens with zero attached hydrogens (tertiary/aromatic N) is 2. The first-order valence-corrected chi connectivity index (χ1v) is 6.13. The van der Waals surface area contributed by atoms with Gasteiger partial charge in [-0.15, -0.1) is 0 Å². The highest BCUT2D eigenvalue weighted by molar-refractivity contribution is 4.75. The molecule has 1 heterocycles. The van der Waals surface area contributed by atoms with Gasteiger partial charge < -0.3 is 14.9 Å². The van der Waals surface area contributed by atoms with E-state index in [-0.39, 0.29) is 6.10 Å². The zero-order chi connectivity index (χ0) is 11.3. The van der Waals surface area contributed by atoms with E-state index in [1.165, 1.54) is 26.1 Å². The topological polar surface area (TPSA) is 26.7 Å². The normalized spacial score (nSPS) is 25.0. The van der Waals surface area contributed by atoms with E-state index in [0.29, 0.717) is 0 Å². The molecule has 1 aliphatic heterocycles. The van der Waals surface area contributed by atoms with Gasteiger partial charge in [0.25, 0.3) is 0 Å². The lowest BCUT2D eigenvalue weighted by Crippen LogP contribution is -2.28. The van der Waals surface area contributed by atoms with Crippen molar-refractivity contribution in [3.8, 4) is 0 Å². The van der Waals surface area contributed by atoms with E-state index in [0.717, 1.165) is 25.3 Å². The highest BCUT2D eigenvalue weighted by atomic mass is 16.3. The Bertz CT molecular complexity index is 173. The lowest BCUT2D eigenvalue weighted by molar-refractivity contribution is 0.172. The lowest BCUT2D eigenvalue weighted by atomic mass is 10.1. The van der Waals surface area contributed by atoms with Crippen molar-refractivity contribution in [1.29, 1.82) is 0 Å². The van der Waals surface area contributed by atoms with E-state index in [2.05, 4.69) is 23.9 Å². The molecule has 1 N–H and O–H groups in total. The Hall–Kier alpha value is -0.120. The number of aliphatic hydroxyl groups is 1. The fraction of sp³-hybridized carbons (Fsp3) is 1.00. The van der Waals surface area contributed by atoms with Gasteiger partial charge in [-0.2, -0.15) is 0 Å². The third-order valence-electron chi connectivity index (χ3n) is 3.22. The second kappa shape index (κ2) is 6.46. The Morgan fingerprint density at radius 1 is 1.53 bits per heavy atom. The van der Waals surface area contributed by atoms with Gasteiger partial charge >= 0.3 is 0 Å². The number of hydrogen-bond acceptors (Lipinski definition) is 3. The molecule has 1 saturated heterocycles. The number of hydrogen-bond donors (Lipinski definition) is 1. The third kappa shape index (κ3) is 5.50. The molecule has 0 radical (unpaired) electrons. The highest BCUT2D eigenvalue weighted by Gasteiger charge is 2.20. The summed E-state index contributed by atoms with van der Waals surface area (Å²) in [6.07, 6.45) is 3.24. The van der Waals surface area contributed by atoms with Gasteiger partial charge in [-0.3, -0.25) is 0 Å². The predicted octanol–water partition coefficient (Wildman–Crippen LogP) is 1.03. The summed E-state index contributed by atoms with van der Waals surface area (Å²) in [6.45, 7) is 6.70. The van der Waals surface area contributed by atoms with Crippen LogP contribution in [0.15, 0.2) is 0 Å². The summed E-state index contributed by atoms with van der Waals surface area (Å²) >= 11 is 0. The molecular formula is C12H26N2O. The molecule has 1 aliphatic rings. The van der Waals surface area contributed by atoms with Crippen LogP contribution in [0, 0.1) is 5.92 Å². The van der Waals surface area contributed by atoms with E-state index in [1.807, 2.05) is 6.92 Å². The van der Waals surface area contributed by atoms with Crippen LogP contribution in [0.5, 0.6) is 0 Å². The van der Waals surface area contributed by atoms with Gasteiger partial charge in [0.15, 0.2) is 0 Å². The van der Waals surface area contributed by atoms with E-state index >= 15 is 0 Å². The third-order valence-corrected chi connectivity index (χ3v) is 3.22. The summed E-state index contributed by atoms with van der Waals surface area (Å²) < 4.78 is 0. The van der Waals surface area contributed by atoms with Crippen molar-refractivity contribution in [3.63, 3.8) is 0 Å². The van der Waals surface area contributed by atoms with Crippen LogP contribution in [0.2, 0.25) is 0 Å². The fourth-order valence-corrected chi connectivity index (χ4v) is 2.36. The molecule has 0 bridgehead atoms. The molecule has 0 amide bonds. The molecule has 1 fully saturated rings. The van der Waals surface area contributed by atoms with Crippen LogP contribution in [0.4, 0.5) is 0 Å². The molecule has 0 aliphatic carbocycles. The second-order valence-electron chi connectivity index (χ2n) is 5.17. The SMILES string of the molecule is CC(O)CCCN(C)CC1CCN(C)C1. The standard InChI is InChI=1S/C12H26N2O/c1-11(15)5-4-7-13(2)9-12-6-8-14(3)10-12/h11-12,15H,4-10H2,1-3H3. The van der Waals surface area contributed by atoms with Crippen LogP contribution in [0.1, 0.15) is 26.2 Å². The first-order valence-electron chi connectivity index (χ1n) is 6.13. The van der Waals surface area contributed by atoms with Gasteiger partial charge in [0.05, 0.1) is 6.10 Å². The maximum atomic E-state index is 9.16. The maximum absolute atomic E-state index is 9.16. The zero-order valence-electron chi connectivity index (χ0n) is 10.4. The van der Waals surface area contributed by atoms with Gasteiger partial charge in [-0.1, -0.05) is 0 Å². The van der Waals surface area contributed by atoms with E-state index < -0.39 is 0 Å². The predicted molar refractivity (Wildman–Crippen MR) is 64.0 cm³/mol. The molecule has 2 atom stereocenters. The summed E-state index contributed by atoms with van der Waals surface area (Å²) in [5.74, 6) is 0.853. The van der Waals surface area contributed by atoms with Crippen molar-refractivity contribution < 1.29 is 5.11 Å². The van der Waals surface area contributed by atoms with Gasteiger partial charge in [0, 0.05) is 13.1 Å².